The first-order valence-corrected chi connectivity index (χ1v) is 7.40. The number of aromatic nitrogens is 2. The van der Waals surface area contributed by atoms with Crippen molar-refractivity contribution >= 4 is 29.4 Å². The highest BCUT2D eigenvalue weighted by atomic mass is 32.2. The summed E-state index contributed by atoms with van der Waals surface area (Å²) in [7, 11) is 0. The number of carbonyl (C=O) groups is 2. The van der Waals surface area contributed by atoms with Gasteiger partial charge in [0.1, 0.15) is 12.4 Å². The van der Waals surface area contributed by atoms with E-state index in [0.717, 1.165) is 12.8 Å². The van der Waals surface area contributed by atoms with E-state index in [1.165, 1.54) is 23.6 Å². The monoisotopic (exact) mass is 294 g/mol. The Morgan fingerprint density at radius 1 is 1.35 bits per heavy atom. The third-order valence-corrected chi connectivity index (χ3v) is 4.85. The minimum atomic E-state index is -0.958. The third kappa shape index (κ3) is 2.55. The van der Waals surface area contributed by atoms with E-state index in [2.05, 4.69) is 15.3 Å². The standard InChI is InChI=1S/C12H14N4O3S/c17-11(18)9-5-20-10(7-1-2-7)16(9)12(19)15-8-3-13-6-14-4-8/h3-4,6-7,9-10H,1-2,5H2,(H,15,19)(H,17,18). The van der Waals surface area contributed by atoms with Crippen LogP contribution in [0.15, 0.2) is 18.7 Å². The van der Waals surface area contributed by atoms with Crippen molar-refractivity contribution < 1.29 is 14.7 Å². The van der Waals surface area contributed by atoms with Crippen LogP contribution in [0.5, 0.6) is 0 Å². The number of nitrogens with zero attached hydrogens (tertiary/aromatic N) is 3. The van der Waals surface area contributed by atoms with Crippen LogP contribution in [0.4, 0.5) is 10.5 Å². The van der Waals surface area contributed by atoms with Crippen LogP contribution in [-0.4, -0.2) is 49.1 Å². The quantitative estimate of drug-likeness (QED) is 0.871. The molecule has 2 unspecified atom stereocenters. The van der Waals surface area contributed by atoms with Crippen molar-refractivity contribution in [2.75, 3.05) is 11.1 Å². The molecule has 2 N–H and O–H groups in total. The zero-order chi connectivity index (χ0) is 14.1. The van der Waals surface area contributed by atoms with Gasteiger partial charge in [-0.3, -0.25) is 4.90 Å². The highest BCUT2D eigenvalue weighted by Gasteiger charge is 2.48. The molecular formula is C12H14N4O3S. The SMILES string of the molecule is O=C(O)C1CSC(C2CC2)N1C(=O)Nc1cncnc1. The van der Waals surface area contributed by atoms with E-state index >= 15 is 0 Å². The number of thioether (sulfide) groups is 1. The molecule has 20 heavy (non-hydrogen) atoms. The Balaban J connectivity index is 1.76. The van der Waals surface area contributed by atoms with Gasteiger partial charge in [0.15, 0.2) is 0 Å². The Morgan fingerprint density at radius 2 is 2.05 bits per heavy atom. The topological polar surface area (TPSA) is 95.4 Å². The molecule has 1 aliphatic heterocycles. The number of nitrogens with one attached hydrogen (secondary N) is 1. The lowest BCUT2D eigenvalue weighted by molar-refractivity contribution is -0.141. The Bertz CT molecular complexity index is 523. The number of hydrogen-bond donors (Lipinski definition) is 2. The van der Waals surface area contributed by atoms with Gasteiger partial charge >= 0.3 is 12.0 Å². The average Bonchev–Trinajstić information content (AvgIpc) is 3.17. The van der Waals surface area contributed by atoms with E-state index in [4.69, 9.17) is 0 Å². The molecule has 1 saturated heterocycles. The van der Waals surface area contributed by atoms with Gasteiger partial charge in [-0.15, -0.1) is 11.8 Å². The smallest absolute Gasteiger partial charge is 0.327 e. The van der Waals surface area contributed by atoms with E-state index in [1.807, 2.05) is 0 Å². The summed E-state index contributed by atoms with van der Waals surface area (Å²) in [4.78, 5) is 32.7. The fraction of sp³-hybridized carbons (Fsp3) is 0.500. The Kier molecular flexibility index (Phi) is 3.47. The molecule has 3 rings (SSSR count). The molecule has 1 aromatic rings. The van der Waals surface area contributed by atoms with Crippen LogP contribution in [0.2, 0.25) is 0 Å². The largest absolute Gasteiger partial charge is 0.480 e. The molecule has 1 aliphatic carbocycles. The highest BCUT2D eigenvalue weighted by Crippen LogP contribution is 2.45. The maximum absolute atomic E-state index is 12.4. The third-order valence-electron chi connectivity index (χ3n) is 3.39. The van der Waals surface area contributed by atoms with Gasteiger partial charge in [-0.1, -0.05) is 0 Å². The van der Waals surface area contributed by atoms with Gasteiger partial charge in [-0.05, 0) is 18.8 Å². The molecule has 0 spiro atoms. The number of rotatable bonds is 3. The van der Waals surface area contributed by atoms with Crippen LogP contribution in [0.1, 0.15) is 12.8 Å². The van der Waals surface area contributed by atoms with Crippen LogP contribution in [0, 0.1) is 5.92 Å². The van der Waals surface area contributed by atoms with Crippen molar-refractivity contribution in [3.05, 3.63) is 18.7 Å². The first-order chi connectivity index (χ1) is 9.66. The Morgan fingerprint density at radius 3 is 2.65 bits per heavy atom. The molecule has 8 heteroatoms. The van der Waals surface area contributed by atoms with Crippen molar-refractivity contribution in [2.24, 2.45) is 5.92 Å². The second-order valence-corrected chi connectivity index (χ2v) is 6.03. The molecule has 0 aromatic carbocycles. The number of amides is 2. The maximum Gasteiger partial charge on any atom is 0.327 e. The summed E-state index contributed by atoms with van der Waals surface area (Å²) in [6, 6.07) is -1.16. The second-order valence-electron chi connectivity index (χ2n) is 4.88. The number of carbonyl (C=O) groups excluding carboxylic acids is 1. The van der Waals surface area contributed by atoms with Crippen molar-refractivity contribution in [2.45, 2.75) is 24.3 Å². The van der Waals surface area contributed by atoms with Gasteiger partial charge in [-0.25, -0.2) is 19.6 Å². The zero-order valence-electron chi connectivity index (χ0n) is 10.6. The maximum atomic E-state index is 12.4. The summed E-state index contributed by atoms with van der Waals surface area (Å²) in [6.45, 7) is 0. The number of anilines is 1. The van der Waals surface area contributed by atoms with Crippen LogP contribution in [0.3, 0.4) is 0 Å². The van der Waals surface area contributed by atoms with E-state index in [0.29, 0.717) is 17.4 Å². The molecule has 2 atom stereocenters. The number of carboxylic acid groups (broad SMARTS) is 1. The Hall–Kier alpha value is -1.83. The van der Waals surface area contributed by atoms with E-state index in [-0.39, 0.29) is 5.37 Å². The second kappa shape index (κ2) is 5.28. The van der Waals surface area contributed by atoms with E-state index in [9.17, 15) is 14.7 Å². The van der Waals surface area contributed by atoms with Crippen molar-refractivity contribution in [3.8, 4) is 0 Å². The molecule has 2 fully saturated rings. The molecule has 1 aromatic heterocycles. The lowest BCUT2D eigenvalue weighted by Gasteiger charge is -2.27. The zero-order valence-corrected chi connectivity index (χ0v) is 11.4. The van der Waals surface area contributed by atoms with Gasteiger partial charge in [0.2, 0.25) is 0 Å². The van der Waals surface area contributed by atoms with Crippen molar-refractivity contribution in [1.29, 1.82) is 0 Å². The minimum Gasteiger partial charge on any atom is -0.480 e. The van der Waals surface area contributed by atoms with Gasteiger partial charge in [0.05, 0.1) is 23.5 Å². The Labute approximate surface area is 119 Å². The van der Waals surface area contributed by atoms with Crippen LogP contribution >= 0.6 is 11.8 Å². The first kappa shape index (κ1) is 13.2. The summed E-state index contributed by atoms with van der Waals surface area (Å²) >= 11 is 1.55. The lowest BCUT2D eigenvalue weighted by Crippen LogP contribution is -2.48. The fourth-order valence-electron chi connectivity index (χ4n) is 2.27. The van der Waals surface area contributed by atoms with Gasteiger partial charge in [0, 0.05) is 5.75 Å². The molecule has 2 amide bonds. The first-order valence-electron chi connectivity index (χ1n) is 6.35. The molecule has 1 saturated carbocycles. The number of hydrogen-bond acceptors (Lipinski definition) is 5. The lowest BCUT2D eigenvalue weighted by atomic mass is 10.2. The normalized spacial score (nSPS) is 25.5. The number of aliphatic carboxylic acids is 1. The summed E-state index contributed by atoms with van der Waals surface area (Å²) in [5.41, 5.74) is 0.466. The molecule has 7 nitrogen and oxygen atoms in total. The van der Waals surface area contributed by atoms with Gasteiger partial charge in [-0.2, -0.15) is 0 Å². The molecule has 0 radical (unpaired) electrons. The van der Waals surface area contributed by atoms with Gasteiger partial charge in [0.25, 0.3) is 0 Å². The van der Waals surface area contributed by atoms with Crippen LogP contribution in [0.25, 0.3) is 0 Å². The predicted molar refractivity (Wildman–Crippen MR) is 73.3 cm³/mol. The van der Waals surface area contributed by atoms with Gasteiger partial charge < -0.3 is 10.4 Å². The minimum absolute atomic E-state index is 0.0410. The van der Waals surface area contributed by atoms with Crippen LogP contribution in [-0.2, 0) is 4.79 Å². The predicted octanol–water partition coefficient (Wildman–Crippen LogP) is 1.25. The summed E-state index contributed by atoms with van der Waals surface area (Å²) in [6.07, 6.45) is 6.45. The molecule has 106 valence electrons. The average molecular weight is 294 g/mol. The van der Waals surface area contributed by atoms with E-state index < -0.39 is 18.0 Å². The van der Waals surface area contributed by atoms with Crippen LogP contribution < -0.4 is 5.32 Å². The molecule has 2 heterocycles. The molecular weight excluding hydrogens is 280 g/mol. The fourth-order valence-corrected chi connectivity index (χ4v) is 3.90. The molecule has 2 aliphatic rings. The van der Waals surface area contributed by atoms with Crippen molar-refractivity contribution in [3.63, 3.8) is 0 Å². The number of urea groups is 1. The summed E-state index contributed by atoms with van der Waals surface area (Å²) < 4.78 is 0. The van der Waals surface area contributed by atoms with Crippen molar-refractivity contribution in [1.82, 2.24) is 14.9 Å². The number of carboxylic acids is 1. The summed E-state index contributed by atoms with van der Waals surface area (Å²) in [5, 5.41) is 11.9. The van der Waals surface area contributed by atoms with E-state index in [1.54, 1.807) is 11.8 Å². The highest BCUT2D eigenvalue weighted by molar-refractivity contribution is 8.00. The molecule has 0 bridgehead atoms. The summed E-state index contributed by atoms with van der Waals surface area (Å²) in [5.74, 6) is -0.0999.